The highest BCUT2D eigenvalue weighted by atomic mass is 35.5. The molecule has 0 aliphatic rings. The number of hydrogen-bond acceptors (Lipinski definition) is 4. The molecule has 2 aromatic carbocycles. The number of Topliss-reactive ketones (excluding diaryl/α,β-unsaturated/α-hetero) is 1. The molecule has 1 heterocycles. The average Bonchev–Trinajstić information content (AvgIpc) is 2.65. The predicted octanol–water partition coefficient (Wildman–Crippen LogP) is 5.24. The van der Waals surface area contributed by atoms with E-state index in [-0.39, 0.29) is 11.7 Å². The van der Waals surface area contributed by atoms with Crippen LogP contribution in [0.5, 0.6) is 0 Å². The van der Waals surface area contributed by atoms with Crippen LogP contribution >= 0.6 is 11.6 Å². The Balaban J connectivity index is 1.76. The van der Waals surface area contributed by atoms with Crippen molar-refractivity contribution in [3.8, 4) is 0 Å². The Morgan fingerprint density at radius 3 is 2.44 bits per heavy atom. The molecule has 0 spiro atoms. The first-order chi connectivity index (χ1) is 12.9. The number of pyridine rings is 1. The second-order valence-electron chi connectivity index (χ2n) is 6.14. The van der Waals surface area contributed by atoms with E-state index in [1.165, 1.54) is 13.1 Å². The highest BCUT2D eigenvalue weighted by Gasteiger charge is 2.09. The predicted molar refractivity (Wildman–Crippen MR) is 108 cm³/mol. The number of benzene rings is 2. The van der Waals surface area contributed by atoms with E-state index in [1.807, 2.05) is 19.1 Å². The molecule has 136 valence electrons. The molecule has 1 aromatic heterocycles. The lowest BCUT2D eigenvalue weighted by molar-refractivity contribution is 0.101. The van der Waals surface area contributed by atoms with Gasteiger partial charge in [0.15, 0.2) is 5.78 Å². The van der Waals surface area contributed by atoms with E-state index in [1.54, 1.807) is 42.6 Å². The smallest absolute Gasteiger partial charge is 0.257 e. The number of amides is 1. The van der Waals surface area contributed by atoms with Gasteiger partial charge in [0.1, 0.15) is 0 Å². The Kier molecular flexibility index (Phi) is 5.52. The molecule has 0 saturated carbocycles. The van der Waals surface area contributed by atoms with Gasteiger partial charge in [-0.05, 0) is 49.7 Å². The Morgan fingerprint density at radius 2 is 1.70 bits per heavy atom. The highest BCUT2D eigenvalue weighted by Crippen LogP contribution is 2.22. The summed E-state index contributed by atoms with van der Waals surface area (Å²) < 4.78 is 0. The van der Waals surface area contributed by atoms with Crippen molar-refractivity contribution in [3.63, 3.8) is 0 Å². The fourth-order valence-electron chi connectivity index (χ4n) is 2.49. The van der Waals surface area contributed by atoms with Crippen LogP contribution in [0.15, 0.2) is 60.9 Å². The van der Waals surface area contributed by atoms with Crippen molar-refractivity contribution < 1.29 is 9.59 Å². The zero-order valence-corrected chi connectivity index (χ0v) is 15.7. The van der Waals surface area contributed by atoms with Gasteiger partial charge in [0, 0.05) is 28.2 Å². The third-order valence-corrected chi connectivity index (χ3v) is 4.40. The second-order valence-corrected chi connectivity index (χ2v) is 6.55. The summed E-state index contributed by atoms with van der Waals surface area (Å²) in [6.07, 6.45) is 3.10. The number of halogens is 1. The number of carbonyl (C=O) groups excluding carboxylic acids is 2. The molecular weight excluding hydrogens is 362 g/mol. The largest absolute Gasteiger partial charge is 0.354 e. The quantitative estimate of drug-likeness (QED) is 0.594. The standard InChI is InChI=1S/C21H18ClN3O2/c1-13-6-7-18(10-20(13)22)25-21(27)16-9-19(12-23-11-16)24-17-5-3-4-15(8-17)14(2)26/h3-12,24H,1-2H3,(H,25,27). The van der Waals surface area contributed by atoms with Gasteiger partial charge < -0.3 is 10.6 Å². The van der Waals surface area contributed by atoms with Crippen molar-refractivity contribution in [1.29, 1.82) is 0 Å². The van der Waals surface area contributed by atoms with Crippen LogP contribution < -0.4 is 10.6 Å². The maximum absolute atomic E-state index is 12.5. The minimum absolute atomic E-state index is 0.0123. The topological polar surface area (TPSA) is 71.1 Å². The number of hydrogen-bond donors (Lipinski definition) is 2. The molecule has 3 aromatic rings. The van der Waals surface area contributed by atoms with E-state index in [0.717, 1.165) is 11.3 Å². The van der Waals surface area contributed by atoms with E-state index in [4.69, 9.17) is 11.6 Å². The fraction of sp³-hybridized carbons (Fsp3) is 0.0952. The molecule has 6 heteroatoms. The molecule has 0 aliphatic heterocycles. The Bertz CT molecular complexity index is 1020. The summed E-state index contributed by atoms with van der Waals surface area (Å²) in [5, 5.41) is 6.55. The summed E-state index contributed by atoms with van der Waals surface area (Å²) in [6.45, 7) is 3.41. The van der Waals surface area contributed by atoms with Crippen LogP contribution in [-0.4, -0.2) is 16.7 Å². The molecule has 1 amide bonds. The summed E-state index contributed by atoms with van der Waals surface area (Å²) in [5.74, 6) is -0.301. The summed E-state index contributed by atoms with van der Waals surface area (Å²) in [6, 6.07) is 14.2. The third-order valence-electron chi connectivity index (χ3n) is 3.99. The summed E-state index contributed by atoms with van der Waals surface area (Å²) >= 11 is 6.10. The van der Waals surface area contributed by atoms with E-state index in [0.29, 0.717) is 27.5 Å². The SMILES string of the molecule is CC(=O)c1cccc(Nc2cncc(C(=O)Nc3ccc(C)c(Cl)c3)c2)c1. The van der Waals surface area contributed by atoms with Crippen molar-refractivity contribution in [3.05, 3.63) is 82.6 Å². The van der Waals surface area contributed by atoms with Gasteiger partial charge in [0.2, 0.25) is 0 Å². The number of nitrogens with zero attached hydrogens (tertiary/aromatic N) is 1. The first-order valence-corrected chi connectivity index (χ1v) is 8.71. The lowest BCUT2D eigenvalue weighted by atomic mass is 10.1. The van der Waals surface area contributed by atoms with E-state index >= 15 is 0 Å². The van der Waals surface area contributed by atoms with Gasteiger partial charge in [-0.15, -0.1) is 0 Å². The molecule has 2 N–H and O–H groups in total. The lowest BCUT2D eigenvalue weighted by Crippen LogP contribution is -2.12. The molecule has 0 fully saturated rings. The first kappa shape index (κ1) is 18.6. The number of nitrogens with one attached hydrogen (secondary N) is 2. The van der Waals surface area contributed by atoms with Crippen molar-refractivity contribution in [2.24, 2.45) is 0 Å². The number of ketones is 1. The Labute approximate surface area is 162 Å². The third kappa shape index (κ3) is 4.71. The zero-order chi connectivity index (χ0) is 19.4. The summed E-state index contributed by atoms with van der Waals surface area (Å²) in [4.78, 5) is 28.1. The second kappa shape index (κ2) is 8.01. The van der Waals surface area contributed by atoms with Gasteiger partial charge in [0.25, 0.3) is 5.91 Å². The first-order valence-electron chi connectivity index (χ1n) is 8.33. The Morgan fingerprint density at radius 1 is 0.926 bits per heavy atom. The number of anilines is 3. The van der Waals surface area contributed by atoms with Crippen LogP contribution in [0.3, 0.4) is 0 Å². The van der Waals surface area contributed by atoms with Crippen LogP contribution in [0, 0.1) is 6.92 Å². The monoisotopic (exact) mass is 379 g/mol. The van der Waals surface area contributed by atoms with Crippen molar-refractivity contribution in [1.82, 2.24) is 4.98 Å². The number of rotatable bonds is 5. The normalized spacial score (nSPS) is 10.3. The molecule has 27 heavy (non-hydrogen) atoms. The lowest BCUT2D eigenvalue weighted by Gasteiger charge is -2.10. The van der Waals surface area contributed by atoms with Crippen molar-refractivity contribution in [2.75, 3.05) is 10.6 Å². The molecule has 0 unspecified atom stereocenters. The minimum atomic E-state index is -0.288. The summed E-state index contributed by atoms with van der Waals surface area (Å²) in [7, 11) is 0. The van der Waals surface area contributed by atoms with Crippen molar-refractivity contribution in [2.45, 2.75) is 13.8 Å². The van der Waals surface area contributed by atoms with Gasteiger partial charge >= 0.3 is 0 Å². The minimum Gasteiger partial charge on any atom is -0.354 e. The Hall–Kier alpha value is -3.18. The maximum Gasteiger partial charge on any atom is 0.257 e. The molecule has 5 nitrogen and oxygen atoms in total. The van der Waals surface area contributed by atoms with Crippen LogP contribution in [0.1, 0.15) is 33.2 Å². The molecule has 0 bridgehead atoms. The van der Waals surface area contributed by atoms with E-state index in [9.17, 15) is 9.59 Å². The van der Waals surface area contributed by atoms with Crippen molar-refractivity contribution >= 4 is 40.4 Å². The number of aromatic nitrogens is 1. The van der Waals surface area contributed by atoms with Crippen LogP contribution in [0.2, 0.25) is 5.02 Å². The van der Waals surface area contributed by atoms with Gasteiger partial charge in [-0.1, -0.05) is 29.8 Å². The van der Waals surface area contributed by atoms with E-state index in [2.05, 4.69) is 15.6 Å². The van der Waals surface area contributed by atoms with Gasteiger partial charge in [-0.25, -0.2) is 0 Å². The number of aryl methyl sites for hydroxylation is 1. The van der Waals surface area contributed by atoms with Crippen LogP contribution in [0.4, 0.5) is 17.1 Å². The summed E-state index contributed by atoms with van der Waals surface area (Å²) in [5.41, 5.74) is 3.95. The fourth-order valence-corrected chi connectivity index (χ4v) is 2.67. The molecule has 0 aliphatic carbocycles. The molecule has 0 radical (unpaired) electrons. The highest BCUT2D eigenvalue weighted by molar-refractivity contribution is 6.31. The van der Waals surface area contributed by atoms with Gasteiger partial charge in [0.05, 0.1) is 17.4 Å². The molecular formula is C21H18ClN3O2. The molecule has 0 saturated heterocycles. The molecule has 0 atom stereocenters. The van der Waals surface area contributed by atoms with Gasteiger partial charge in [-0.2, -0.15) is 0 Å². The maximum atomic E-state index is 12.5. The molecule has 3 rings (SSSR count). The average molecular weight is 380 g/mol. The van der Waals surface area contributed by atoms with Crippen LogP contribution in [0.25, 0.3) is 0 Å². The van der Waals surface area contributed by atoms with Crippen LogP contribution in [-0.2, 0) is 0 Å². The number of carbonyl (C=O) groups is 2. The van der Waals surface area contributed by atoms with E-state index < -0.39 is 0 Å². The zero-order valence-electron chi connectivity index (χ0n) is 14.9. The van der Waals surface area contributed by atoms with Gasteiger partial charge in [-0.3, -0.25) is 14.6 Å².